The first kappa shape index (κ1) is 14.4. The Morgan fingerprint density at radius 1 is 1.20 bits per heavy atom. The van der Waals surface area contributed by atoms with Crippen LogP contribution < -0.4 is 10.0 Å². The predicted molar refractivity (Wildman–Crippen MR) is 74.2 cm³/mol. The Kier molecular flexibility index (Phi) is 4.31. The molecule has 7 heteroatoms. The number of halogens is 1. The summed E-state index contributed by atoms with van der Waals surface area (Å²) in [5.41, 5.74) is 1.08. The van der Waals surface area contributed by atoms with Crippen LogP contribution in [0.5, 0.6) is 0 Å². The molecular weight excluding hydrogens is 281 g/mol. The number of nitrogens with one attached hydrogen (secondary N) is 2. The molecule has 1 aromatic carbocycles. The highest BCUT2D eigenvalue weighted by molar-refractivity contribution is 7.89. The molecule has 2 N–H and O–H groups in total. The first-order valence-electron chi connectivity index (χ1n) is 5.90. The lowest BCUT2D eigenvalue weighted by Gasteiger charge is -2.10. The van der Waals surface area contributed by atoms with Gasteiger partial charge in [0.05, 0.1) is 5.69 Å². The molecule has 0 fully saturated rings. The third-order valence-corrected chi connectivity index (χ3v) is 4.03. The lowest BCUT2D eigenvalue weighted by atomic mass is 10.2. The van der Waals surface area contributed by atoms with Gasteiger partial charge in [-0.15, -0.1) is 0 Å². The average molecular weight is 295 g/mol. The quantitative estimate of drug-likeness (QED) is 0.881. The zero-order chi connectivity index (χ0) is 14.6. The van der Waals surface area contributed by atoms with Crippen LogP contribution in [0.25, 0.3) is 0 Å². The summed E-state index contributed by atoms with van der Waals surface area (Å²) in [4.78, 5) is 3.87. The van der Waals surface area contributed by atoms with E-state index in [1.165, 1.54) is 30.5 Å². The van der Waals surface area contributed by atoms with Crippen molar-refractivity contribution >= 4 is 15.7 Å². The van der Waals surface area contributed by atoms with Crippen LogP contribution in [-0.4, -0.2) is 20.4 Å². The summed E-state index contributed by atoms with van der Waals surface area (Å²) in [5, 5.41) is 2.71. The molecule has 1 heterocycles. The van der Waals surface area contributed by atoms with Gasteiger partial charge in [-0.05, 0) is 29.8 Å². The van der Waals surface area contributed by atoms with E-state index in [9.17, 15) is 12.8 Å². The fraction of sp³-hybridized carbons (Fsp3) is 0.154. The first-order valence-corrected chi connectivity index (χ1v) is 7.38. The molecule has 0 aliphatic carbocycles. The maximum Gasteiger partial charge on any atom is 0.260 e. The van der Waals surface area contributed by atoms with Gasteiger partial charge in [0.25, 0.3) is 10.0 Å². The van der Waals surface area contributed by atoms with Crippen LogP contribution in [0, 0.1) is 5.82 Å². The van der Waals surface area contributed by atoms with Crippen LogP contribution in [0.1, 0.15) is 5.56 Å². The molecule has 5 nitrogen and oxygen atoms in total. The molecule has 2 aromatic rings. The summed E-state index contributed by atoms with van der Waals surface area (Å²) in [5.74, 6) is -0.362. The Labute approximate surface area is 116 Å². The van der Waals surface area contributed by atoms with Gasteiger partial charge in [-0.3, -0.25) is 0 Å². The van der Waals surface area contributed by atoms with Crippen molar-refractivity contribution in [3.63, 3.8) is 0 Å². The second-order valence-corrected chi connectivity index (χ2v) is 5.74. The number of hydrogen-bond donors (Lipinski definition) is 2. The molecule has 0 radical (unpaired) electrons. The van der Waals surface area contributed by atoms with Crippen molar-refractivity contribution in [2.24, 2.45) is 0 Å². The van der Waals surface area contributed by atoms with Gasteiger partial charge in [0, 0.05) is 19.8 Å². The second kappa shape index (κ2) is 5.98. The minimum absolute atomic E-state index is 0.0652. The zero-order valence-corrected chi connectivity index (χ0v) is 11.6. The van der Waals surface area contributed by atoms with E-state index in [-0.39, 0.29) is 17.4 Å². The maximum absolute atomic E-state index is 12.8. The van der Waals surface area contributed by atoms with Crippen LogP contribution in [0.2, 0.25) is 0 Å². The highest BCUT2D eigenvalue weighted by Gasteiger charge is 2.19. The number of pyridine rings is 1. The van der Waals surface area contributed by atoms with E-state index < -0.39 is 10.0 Å². The molecule has 0 unspecified atom stereocenters. The Hall–Kier alpha value is -1.99. The lowest BCUT2D eigenvalue weighted by Crippen LogP contribution is -2.25. The molecule has 0 amide bonds. The SMILES string of the molecule is CNc1cccnc1S(=O)(=O)NCc1ccc(F)cc1. The molecule has 0 aliphatic rings. The van der Waals surface area contributed by atoms with E-state index in [0.29, 0.717) is 11.3 Å². The zero-order valence-electron chi connectivity index (χ0n) is 10.8. The van der Waals surface area contributed by atoms with Crippen molar-refractivity contribution in [2.45, 2.75) is 11.6 Å². The topological polar surface area (TPSA) is 71.1 Å². The number of aromatic nitrogens is 1. The van der Waals surface area contributed by atoms with E-state index in [4.69, 9.17) is 0 Å². The van der Waals surface area contributed by atoms with E-state index in [2.05, 4.69) is 15.0 Å². The van der Waals surface area contributed by atoms with E-state index in [1.54, 1.807) is 19.2 Å². The van der Waals surface area contributed by atoms with Crippen molar-refractivity contribution in [1.29, 1.82) is 0 Å². The summed E-state index contributed by atoms with van der Waals surface area (Å²) in [6, 6.07) is 8.88. The molecule has 1 aromatic heterocycles. The number of hydrogen-bond acceptors (Lipinski definition) is 4. The molecule has 20 heavy (non-hydrogen) atoms. The number of nitrogens with zero attached hydrogens (tertiary/aromatic N) is 1. The van der Waals surface area contributed by atoms with Gasteiger partial charge in [-0.25, -0.2) is 22.5 Å². The predicted octanol–water partition coefficient (Wildman–Crippen LogP) is 1.74. The molecule has 0 atom stereocenters. The standard InChI is InChI=1S/C13H14FN3O2S/c1-15-12-3-2-8-16-13(12)20(18,19)17-9-10-4-6-11(14)7-5-10/h2-8,15,17H,9H2,1H3. The lowest BCUT2D eigenvalue weighted by molar-refractivity contribution is 0.577. The molecule has 0 bridgehead atoms. The van der Waals surface area contributed by atoms with Crippen LogP contribution in [0.4, 0.5) is 10.1 Å². The number of sulfonamides is 1. The van der Waals surface area contributed by atoms with Gasteiger partial charge in [0.2, 0.25) is 0 Å². The van der Waals surface area contributed by atoms with Crippen LogP contribution >= 0.6 is 0 Å². The summed E-state index contributed by atoms with van der Waals surface area (Å²) in [7, 11) is -2.11. The summed E-state index contributed by atoms with van der Waals surface area (Å²) in [6.45, 7) is 0.0718. The number of anilines is 1. The fourth-order valence-electron chi connectivity index (χ4n) is 1.64. The third-order valence-electron chi connectivity index (χ3n) is 2.67. The van der Waals surface area contributed by atoms with Gasteiger partial charge in [-0.1, -0.05) is 12.1 Å². The van der Waals surface area contributed by atoms with Crippen LogP contribution in [0.15, 0.2) is 47.6 Å². The van der Waals surface area contributed by atoms with Gasteiger partial charge < -0.3 is 5.32 Å². The highest BCUT2D eigenvalue weighted by atomic mass is 32.2. The Bertz CT molecular complexity index is 687. The van der Waals surface area contributed by atoms with Crippen molar-refractivity contribution in [1.82, 2.24) is 9.71 Å². The van der Waals surface area contributed by atoms with E-state index in [0.717, 1.165) is 0 Å². The molecule has 0 saturated heterocycles. The molecule has 0 saturated carbocycles. The normalized spacial score (nSPS) is 11.3. The first-order chi connectivity index (χ1) is 9.53. The van der Waals surface area contributed by atoms with Crippen LogP contribution in [-0.2, 0) is 16.6 Å². The van der Waals surface area contributed by atoms with Crippen molar-refractivity contribution < 1.29 is 12.8 Å². The summed E-state index contributed by atoms with van der Waals surface area (Å²) >= 11 is 0. The van der Waals surface area contributed by atoms with Gasteiger partial charge in [-0.2, -0.15) is 0 Å². The Balaban J connectivity index is 2.17. The average Bonchev–Trinajstić information content (AvgIpc) is 2.46. The minimum Gasteiger partial charge on any atom is -0.386 e. The number of rotatable bonds is 5. The fourth-order valence-corrected chi connectivity index (χ4v) is 2.80. The molecule has 2 rings (SSSR count). The van der Waals surface area contributed by atoms with Gasteiger partial charge in [0.15, 0.2) is 5.03 Å². The maximum atomic E-state index is 12.8. The van der Waals surface area contributed by atoms with Crippen molar-refractivity contribution in [2.75, 3.05) is 12.4 Å². The van der Waals surface area contributed by atoms with Gasteiger partial charge >= 0.3 is 0 Å². The van der Waals surface area contributed by atoms with E-state index in [1.807, 2.05) is 0 Å². The van der Waals surface area contributed by atoms with Crippen molar-refractivity contribution in [3.8, 4) is 0 Å². The van der Waals surface area contributed by atoms with Crippen LogP contribution in [0.3, 0.4) is 0 Å². The molecule has 0 spiro atoms. The monoisotopic (exact) mass is 295 g/mol. The largest absolute Gasteiger partial charge is 0.386 e. The smallest absolute Gasteiger partial charge is 0.260 e. The highest BCUT2D eigenvalue weighted by Crippen LogP contribution is 2.17. The summed E-state index contributed by atoms with van der Waals surface area (Å²) < 4.78 is 39.5. The molecule has 106 valence electrons. The summed E-state index contributed by atoms with van der Waals surface area (Å²) in [6.07, 6.45) is 1.41. The third kappa shape index (κ3) is 3.31. The Morgan fingerprint density at radius 2 is 1.90 bits per heavy atom. The van der Waals surface area contributed by atoms with Crippen molar-refractivity contribution in [3.05, 3.63) is 54.0 Å². The molecular formula is C13H14FN3O2S. The van der Waals surface area contributed by atoms with E-state index >= 15 is 0 Å². The number of benzene rings is 1. The van der Waals surface area contributed by atoms with Gasteiger partial charge in [0.1, 0.15) is 5.82 Å². The molecule has 0 aliphatic heterocycles. The Morgan fingerprint density at radius 3 is 2.55 bits per heavy atom. The second-order valence-electron chi connectivity index (χ2n) is 4.06. The minimum atomic E-state index is -3.73.